The van der Waals surface area contributed by atoms with Crippen LogP contribution >= 0.6 is 0 Å². The molecule has 8 heteroatoms. The Bertz CT molecular complexity index is 713. The molecule has 1 amide bonds. The number of ether oxygens (including phenoxy) is 2. The fourth-order valence-electron chi connectivity index (χ4n) is 2.88. The molecule has 1 aromatic rings. The van der Waals surface area contributed by atoms with Crippen molar-refractivity contribution < 1.29 is 22.7 Å². The van der Waals surface area contributed by atoms with Crippen LogP contribution in [0.25, 0.3) is 0 Å². The first-order valence-electron chi connectivity index (χ1n) is 8.19. The molecular weight excluding hydrogens is 332 g/mol. The Labute approximate surface area is 142 Å². The van der Waals surface area contributed by atoms with E-state index in [1.165, 1.54) is 4.31 Å². The maximum absolute atomic E-state index is 12.5. The summed E-state index contributed by atoms with van der Waals surface area (Å²) in [6.45, 7) is 3.66. The van der Waals surface area contributed by atoms with Gasteiger partial charge in [-0.15, -0.1) is 0 Å². The molecule has 1 aromatic carbocycles. The molecule has 0 radical (unpaired) electrons. The van der Waals surface area contributed by atoms with Gasteiger partial charge in [-0.1, -0.05) is 0 Å². The Hall–Kier alpha value is -1.96. The van der Waals surface area contributed by atoms with E-state index in [0.29, 0.717) is 43.5 Å². The molecule has 2 aliphatic rings. The summed E-state index contributed by atoms with van der Waals surface area (Å²) < 4.78 is 37.2. The monoisotopic (exact) mass is 354 g/mol. The molecule has 0 saturated carbocycles. The van der Waals surface area contributed by atoms with Gasteiger partial charge >= 0.3 is 0 Å². The average Bonchev–Trinajstić information content (AvgIpc) is 3.13. The minimum atomic E-state index is -3.58. The largest absolute Gasteiger partial charge is 0.486 e. The molecule has 0 spiro atoms. The van der Waals surface area contributed by atoms with Crippen LogP contribution in [-0.2, 0) is 14.8 Å². The molecular formula is C16H22N2O5S. The van der Waals surface area contributed by atoms with E-state index in [1.807, 2.05) is 0 Å². The second-order valence-electron chi connectivity index (χ2n) is 5.82. The quantitative estimate of drug-likeness (QED) is 0.795. The molecule has 2 heterocycles. The first-order chi connectivity index (χ1) is 11.5. The van der Waals surface area contributed by atoms with E-state index in [2.05, 4.69) is 0 Å². The zero-order valence-electron chi connectivity index (χ0n) is 13.7. The predicted molar refractivity (Wildman–Crippen MR) is 90.1 cm³/mol. The van der Waals surface area contributed by atoms with E-state index in [0.717, 1.165) is 12.8 Å². The van der Waals surface area contributed by atoms with E-state index >= 15 is 0 Å². The van der Waals surface area contributed by atoms with Crippen LogP contribution in [0.4, 0.5) is 5.69 Å². The molecule has 132 valence electrons. The van der Waals surface area contributed by atoms with Gasteiger partial charge in [0, 0.05) is 19.2 Å². The van der Waals surface area contributed by atoms with Crippen LogP contribution in [0.15, 0.2) is 18.2 Å². The highest BCUT2D eigenvalue weighted by molar-refractivity contribution is 7.92. The molecule has 0 N–H and O–H groups in total. The van der Waals surface area contributed by atoms with Crippen LogP contribution in [0.2, 0.25) is 0 Å². The maximum Gasteiger partial charge on any atom is 0.243 e. The number of anilines is 1. The van der Waals surface area contributed by atoms with E-state index in [1.54, 1.807) is 30.0 Å². The minimum absolute atomic E-state index is 0.0747. The average molecular weight is 354 g/mol. The van der Waals surface area contributed by atoms with Gasteiger partial charge in [0.2, 0.25) is 15.9 Å². The molecule has 24 heavy (non-hydrogen) atoms. The van der Waals surface area contributed by atoms with Crippen molar-refractivity contribution in [1.29, 1.82) is 0 Å². The van der Waals surface area contributed by atoms with Gasteiger partial charge in [-0.25, -0.2) is 8.42 Å². The van der Waals surface area contributed by atoms with Crippen molar-refractivity contribution in [3.05, 3.63) is 18.2 Å². The first-order valence-corrected chi connectivity index (χ1v) is 9.80. The highest BCUT2D eigenvalue weighted by Crippen LogP contribution is 2.34. The summed E-state index contributed by atoms with van der Waals surface area (Å²) in [6.07, 6.45) is 1.94. The van der Waals surface area contributed by atoms with Gasteiger partial charge in [-0.3, -0.25) is 9.10 Å². The summed E-state index contributed by atoms with van der Waals surface area (Å²) in [5.74, 6) is 0.849. The fraction of sp³-hybridized carbons (Fsp3) is 0.562. The number of benzene rings is 1. The Balaban J connectivity index is 1.88. The summed E-state index contributed by atoms with van der Waals surface area (Å²) in [5.41, 5.74) is 0.425. The second kappa shape index (κ2) is 6.88. The van der Waals surface area contributed by atoms with Crippen LogP contribution in [0.1, 0.15) is 19.8 Å². The molecule has 7 nitrogen and oxygen atoms in total. The molecule has 1 saturated heterocycles. The number of hydrogen-bond donors (Lipinski definition) is 0. The number of carbonyl (C=O) groups excluding carboxylic acids is 1. The normalized spacial score (nSPS) is 17.0. The van der Waals surface area contributed by atoms with Crippen molar-refractivity contribution >= 4 is 21.6 Å². The summed E-state index contributed by atoms with van der Waals surface area (Å²) in [5, 5.41) is 0. The predicted octanol–water partition coefficient (Wildman–Crippen LogP) is 1.24. The highest BCUT2D eigenvalue weighted by atomic mass is 32.2. The molecule has 0 atom stereocenters. The highest BCUT2D eigenvalue weighted by Gasteiger charge is 2.28. The number of hydrogen-bond acceptors (Lipinski definition) is 5. The van der Waals surface area contributed by atoms with E-state index in [4.69, 9.17) is 9.47 Å². The zero-order valence-corrected chi connectivity index (χ0v) is 14.5. The van der Waals surface area contributed by atoms with Crippen molar-refractivity contribution in [3.63, 3.8) is 0 Å². The van der Waals surface area contributed by atoms with Crippen LogP contribution in [0.5, 0.6) is 11.5 Å². The molecule has 0 unspecified atom stereocenters. The van der Waals surface area contributed by atoms with Crippen molar-refractivity contribution in [1.82, 2.24) is 4.90 Å². The SMILES string of the molecule is CCS(=O)(=O)N(CC(=O)N1CCCC1)c1ccc2c(c1)OCCO2. The summed E-state index contributed by atoms with van der Waals surface area (Å²) >= 11 is 0. The lowest BCUT2D eigenvalue weighted by Gasteiger charge is -2.27. The van der Waals surface area contributed by atoms with Crippen molar-refractivity contribution in [2.24, 2.45) is 0 Å². The third-order valence-corrected chi connectivity index (χ3v) is 5.99. The number of rotatable bonds is 5. The lowest BCUT2D eigenvalue weighted by molar-refractivity contribution is -0.128. The van der Waals surface area contributed by atoms with Crippen LogP contribution in [0, 0.1) is 0 Å². The Morgan fingerprint density at radius 3 is 2.50 bits per heavy atom. The van der Waals surface area contributed by atoms with E-state index < -0.39 is 10.0 Å². The smallest absolute Gasteiger partial charge is 0.243 e. The third-order valence-electron chi connectivity index (χ3n) is 4.25. The number of amides is 1. The van der Waals surface area contributed by atoms with Crippen molar-refractivity contribution in [2.45, 2.75) is 19.8 Å². The number of likely N-dealkylation sites (tertiary alicyclic amines) is 1. The zero-order chi connectivity index (χ0) is 17.2. The van der Waals surface area contributed by atoms with Gasteiger partial charge in [-0.2, -0.15) is 0 Å². The number of nitrogens with zero attached hydrogens (tertiary/aromatic N) is 2. The van der Waals surface area contributed by atoms with Crippen LogP contribution in [0.3, 0.4) is 0 Å². The molecule has 3 rings (SSSR count). The van der Waals surface area contributed by atoms with Crippen molar-refractivity contribution in [3.8, 4) is 11.5 Å². The maximum atomic E-state index is 12.5. The first kappa shape index (κ1) is 16.9. The Morgan fingerprint density at radius 2 is 1.83 bits per heavy atom. The minimum Gasteiger partial charge on any atom is -0.486 e. The van der Waals surface area contributed by atoms with Gasteiger partial charge in [0.15, 0.2) is 11.5 Å². The summed E-state index contributed by atoms with van der Waals surface area (Å²) in [6, 6.07) is 4.96. The van der Waals surface area contributed by atoms with E-state index in [-0.39, 0.29) is 18.2 Å². The molecule has 1 fully saturated rings. The van der Waals surface area contributed by atoms with Gasteiger partial charge in [0.05, 0.1) is 11.4 Å². The lowest BCUT2D eigenvalue weighted by atomic mass is 10.2. The lowest BCUT2D eigenvalue weighted by Crippen LogP contribution is -2.42. The number of carbonyl (C=O) groups is 1. The third kappa shape index (κ3) is 3.43. The van der Waals surface area contributed by atoms with Gasteiger partial charge in [0.25, 0.3) is 0 Å². The Morgan fingerprint density at radius 1 is 1.17 bits per heavy atom. The standard InChI is InChI=1S/C16H22N2O5S/c1-2-24(20,21)18(12-16(19)17-7-3-4-8-17)13-5-6-14-15(11-13)23-10-9-22-14/h5-6,11H,2-4,7-10,12H2,1H3. The molecule has 0 bridgehead atoms. The molecule has 0 aromatic heterocycles. The topological polar surface area (TPSA) is 76.2 Å². The van der Waals surface area contributed by atoms with Crippen molar-refractivity contribution in [2.75, 3.05) is 42.9 Å². The van der Waals surface area contributed by atoms with Crippen LogP contribution < -0.4 is 13.8 Å². The number of fused-ring (bicyclic) bond motifs is 1. The van der Waals surface area contributed by atoms with Gasteiger partial charge in [-0.05, 0) is 31.9 Å². The van der Waals surface area contributed by atoms with E-state index in [9.17, 15) is 13.2 Å². The second-order valence-corrected chi connectivity index (χ2v) is 8.01. The molecule has 2 aliphatic heterocycles. The fourth-order valence-corrected chi connectivity index (χ4v) is 3.94. The van der Waals surface area contributed by atoms with Crippen LogP contribution in [-0.4, -0.2) is 57.8 Å². The summed E-state index contributed by atoms with van der Waals surface area (Å²) in [4.78, 5) is 14.2. The number of sulfonamides is 1. The Kier molecular flexibility index (Phi) is 4.84. The summed E-state index contributed by atoms with van der Waals surface area (Å²) in [7, 11) is -3.58. The molecule has 0 aliphatic carbocycles. The van der Waals surface area contributed by atoms with Gasteiger partial charge < -0.3 is 14.4 Å². The van der Waals surface area contributed by atoms with Gasteiger partial charge in [0.1, 0.15) is 19.8 Å².